The second-order valence-electron chi connectivity index (χ2n) is 3.54. The van der Waals surface area contributed by atoms with Crippen LogP contribution in [0.5, 0.6) is 0 Å². The van der Waals surface area contributed by atoms with E-state index >= 15 is 0 Å². The normalized spacial score (nSPS) is 14.0. The highest BCUT2D eigenvalue weighted by atomic mass is 19.4. The van der Waals surface area contributed by atoms with Crippen molar-refractivity contribution in [1.82, 2.24) is 0 Å². The number of hydrogen-bond acceptors (Lipinski definition) is 0. The molecule has 0 aliphatic carbocycles. The lowest BCUT2D eigenvalue weighted by Crippen LogP contribution is -2.14. The maximum Gasteiger partial charge on any atom is 0.389 e. The molecule has 0 aromatic heterocycles. The van der Waals surface area contributed by atoms with Gasteiger partial charge in [-0.2, -0.15) is 13.2 Å². The third-order valence-corrected chi connectivity index (χ3v) is 1.95. The molecule has 0 bridgehead atoms. The Morgan fingerprint density at radius 2 is 1.86 bits per heavy atom. The molecule has 0 unspecified atom stereocenters. The van der Waals surface area contributed by atoms with Crippen LogP contribution in [0, 0.1) is 12.0 Å². The molecule has 0 amide bonds. The maximum absolute atomic E-state index is 12.0. The van der Waals surface area contributed by atoms with E-state index in [4.69, 9.17) is 0 Å². The van der Waals surface area contributed by atoms with E-state index in [0.29, 0.717) is 6.42 Å². The van der Waals surface area contributed by atoms with Crippen LogP contribution in [0.3, 0.4) is 0 Å². The predicted octanol–water partition coefficient (Wildman–Crippen LogP) is 3.62. The highest BCUT2D eigenvalue weighted by molar-refractivity contribution is 5.14. The minimum atomic E-state index is -4.06. The van der Waals surface area contributed by atoms with Crippen molar-refractivity contribution in [2.45, 2.75) is 25.9 Å². The van der Waals surface area contributed by atoms with Gasteiger partial charge in [0.15, 0.2) is 0 Å². The predicted molar refractivity (Wildman–Crippen MR) is 48.8 cm³/mol. The highest BCUT2D eigenvalue weighted by Gasteiger charge is 2.29. The van der Waals surface area contributed by atoms with Crippen molar-refractivity contribution in [3.8, 4) is 0 Å². The second-order valence-corrected chi connectivity index (χ2v) is 3.54. The smallest absolute Gasteiger partial charge is 0.171 e. The van der Waals surface area contributed by atoms with Gasteiger partial charge in [0.1, 0.15) is 0 Å². The van der Waals surface area contributed by atoms with Crippen molar-refractivity contribution < 1.29 is 13.2 Å². The number of rotatable bonds is 3. The average Bonchev–Trinajstić information content (AvgIpc) is 2.02. The van der Waals surface area contributed by atoms with Gasteiger partial charge in [-0.25, -0.2) is 0 Å². The van der Waals surface area contributed by atoms with Crippen LogP contribution in [0.15, 0.2) is 24.3 Å². The standard InChI is InChI=1S/C11H12F3/c1-9(8-11(12,13)14)7-10-5-3-2-4-6-10/h3-6,9H,7-8H2,1H3/t9-/m1/s1. The van der Waals surface area contributed by atoms with Gasteiger partial charge in [-0.05, 0) is 24.0 Å². The van der Waals surface area contributed by atoms with Gasteiger partial charge >= 0.3 is 6.18 Å². The lowest BCUT2D eigenvalue weighted by Gasteiger charge is -2.13. The third kappa shape index (κ3) is 4.30. The summed E-state index contributed by atoms with van der Waals surface area (Å²) in [5.41, 5.74) is 0.931. The van der Waals surface area contributed by atoms with Crippen molar-refractivity contribution in [2.75, 3.05) is 0 Å². The molecule has 0 saturated heterocycles. The molecule has 0 aliphatic heterocycles. The van der Waals surface area contributed by atoms with Gasteiger partial charge in [0.25, 0.3) is 0 Å². The molecule has 1 rings (SSSR count). The first-order chi connectivity index (χ1) is 6.47. The summed E-state index contributed by atoms with van der Waals surface area (Å²) in [5, 5.41) is 0. The topological polar surface area (TPSA) is 0 Å². The summed E-state index contributed by atoms with van der Waals surface area (Å²) < 4.78 is 36.0. The largest absolute Gasteiger partial charge is 0.389 e. The number of hydrogen-bond donors (Lipinski definition) is 0. The molecule has 0 saturated carbocycles. The zero-order valence-electron chi connectivity index (χ0n) is 7.93. The molecule has 3 heteroatoms. The SMILES string of the molecule is C[C@H](Cc1cc[c]cc1)CC(F)(F)F. The Labute approximate surface area is 81.8 Å². The van der Waals surface area contributed by atoms with Crippen molar-refractivity contribution in [3.63, 3.8) is 0 Å². The lowest BCUT2D eigenvalue weighted by molar-refractivity contribution is -0.143. The van der Waals surface area contributed by atoms with E-state index in [1.807, 2.05) is 0 Å². The van der Waals surface area contributed by atoms with Crippen molar-refractivity contribution in [2.24, 2.45) is 5.92 Å². The molecule has 0 heterocycles. The molecule has 0 fully saturated rings. The molecule has 0 spiro atoms. The van der Waals surface area contributed by atoms with Crippen molar-refractivity contribution in [3.05, 3.63) is 35.9 Å². The van der Waals surface area contributed by atoms with E-state index in [1.165, 1.54) is 0 Å². The van der Waals surface area contributed by atoms with Gasteiger partial charge in [0.05, 0.1) is 0 Å². The molecule has 1 radical (unpaired) electrons. The molecule has 1 aromatic rings. The summed E-state index contributed by atoms with van der Waals surface area (Å²) in [6, 6.07) is 9.86. The molecular weight excluding hydrogens is 189 g/mol. The maximum atomic E-state index is 12.0. The monoisotopic (exact) mass is 201 g/mol. The number of halogens is 3. The minimum absolute atomic E-state index is 0.364. The van der Waals surface area contributed by atoms with Gasteiger partial charge in [0.2, 0.25) is 0 Å². The van der Waals surface area contributed by atoms with Gasteiger partial charge in [-0.15, -0.1) is 0 Å². The van der Waals surface area contributed by atoms with E-state index in [0.717, 1.165) is 5.56 Å². The first-order valence-electron chi connectivity index (χ1n) is 4.49. The molecule has 1 atom stereocenters. The van der Waals surface area contributed by atoms with Gasteiger partial charge in [-0.1, -0.05) is 31.2 Å². The summed E-state index contributed by atoms with van der Waals surface area (Å²) in [7, 11) is 0. The Bertz CT molecular complexity index is 264. The molecule has 77 valence electrons. The molecule has 14 heavy (non-hydrogen) atoms. The van der Waals surface area contributed by atoms with Gasteiger partial charge < -0.3 is 0 Å². The van der Waals surface area contributed by atoms with E-state index in [2.05, 4.69) is 6.07 Å². The Kier molecular flexibility index (Phi) is 3.55. The van der Waals surface area contributed by atoms with E-state index in [-0.39, 0.29) is 5.92 Å². The first-order valence-corrected chi connectivity index (χ1v) is 4.49. The Hall–Kier alpha value is -0.990. The molecule has 0 N–H and O–H groups in total. The minimum Gasteiger partial charge on any atom is -0.171 e. The van der Waals surface area contributed by atoms with Crippen LogP contribution in [-0.2, 0) is 6.42 Å². The molecule has 0 nitrogen and oxygen atoms in total. The van der Waals surface area contributed by atoms with Gasteiger partial charge in [-0.3, -0.25) is 0 Å². The van der Waals surface area contributed by atoms with Crippen LogP contribution in [0.25, 0.3) is 0 Å². The lowest BCUT2D eigenvalue weighted by atomic mass is 9.98. The Balaban J connectivity index is 2.46. The highest BCUT2D eigenvalue weighted by Crippen LogP contribution is 2.26. The van der Waals surface area contributed by atoms with Crippen LogP contribution in [0.1, 0.15) is 18.9 Å². The Morgan fingerprint density at radius 1 is 1.29 bits per heavy atom. The summed E-state index contributed by atoms with van der Waals surface area (Å²) in [4.78, 5) is 0. The van der Waals surface area contributed by atoms with Crippen LogP contribution < -0.4 is 0 Å². The number of alkyl halides is 3. The third-order valence-electron chi connectivity index (χ3n) is 1.95. The first kappa shape index (κ1) is 11.1. The molecular formula is C11H12F3. The fraction of sp³-hybridized carbons (Fsp3) is 0.455. The van der Waals surface area contributed by atoms with Crippen LogP contribution >= 0.6 is 0 Å². The van der Waals surface area contributed by atoms with Crippen LogP contribution in [0.2, 0.25) is 0 Å². The van der Waals surface area contributed by atoms with Crippen LogP contribution in [0.4, 0.5) is 13.2 Å². The van der Waals surface area contributed by atoms with Crippen molar-refractivity contribution >= 4 is 0 Å². The average molecular weight is 201 g/mol. The summed E-state index contributed by atoms with van der Waals surface area (Å²) in [6.07, 6.45) is -4.31. The quantitative estimate of drug-likeness (QED) is 0.700. The van der Waals surface area contributed by atoms with E-state index in [1.54, 1.807) is 31.2 Å². The van der Waals surface area contributed by atoms with Crippen molar-refractivity contribution in [1.29, 1.82) is 0 Å². The van der Waals surface area contributed by atoms with E-state index < -0.39 is 12.6 Å². The van der Waals surface area contributed by atoms with Gasteiger partial charge in [0, 0.05) is 6.42 Å². The fourth-order valence-corrected chi connectivity index (χ4v) is 1.43. The number of benzene rings is 1. The second kappa shape index (κ2) is 4.49. The van der Waals surface area contributed by atoms with E-state index in [9.17, 15) is 13.2 Å². The zero-order chi connectivity index (χ0) is 10.6. The fourth-order valence-electron chi connectivity index (χ4n) is 1.43. The van der Waals surface area contributed by atoms with Crippen LogP contribution in [-0.4, -0.2) is 6.18 Å². The Morgan fingerprint density at radius 3 is 2.36 bits per heavy atom. The molecule has 1 aromatic carbocycles. The zero-order valence-corrected chi connectivity index (χ0v) is 7.93. The molecule has 0 aliphatic rings. The summed E-state index contributed by atoms with van der Waals surface area (Å²) >= 11 is 0. The summed E-state index contributed by atoms with van der Waals surface area (Å²) in [5.74, 6) is -0.364. The summed E-state index contributed by atoms with van der Waals surface area (Å²) in [6.45, 7) is 1.62.